The topological polar surface area (TPSA) is 34.9 Å². The Labute approximate surface area is 100 Å². The Kier molecular flexibility index (Phi) is 3.19. The monoisotopic (exact) mass is 226 g/mol. The number of allylic oxidation sites excluding steroid dienone is 2. The molecule has 0 saturated carbocycles. The number of hydrogen-bond acceptors (Lipinski definition) is 2. The van der Waals surface area contributed by atoms with Gasteiger partial charge >= 0.3 is 0 Å². The van der Waals surface area contributed by atoms with E-state index >= 15 is 0 Å². The summed E-state index contributed by atoms with van der Waals surface area (Å²) in [6.07, 6.45) is 3.39. The number of ketones is 1. The van der Waals surface area contributed by atoms with Crippen LogP contribution in [0.3, 0.4) is 0 Å². The van der Waals surface area contributed by atoms with Gasteiger partial charge in [-0.3, -0.25) is 4.79 Å². The molecule has 0 aliphatic carbocycles. The van der Waals surface area contributed by atoms with Crippen LogP contribution in [0.15, 0.2) is 54.2 Å². The molecule has 0 aliphatic heterocycles. The van der Waals surface area contributed by atoms with Crippen LogP contribution in [0.4, 0.5) is 0 Å². The number of carbonyl (C=O) groups is 1. The highest BCUT2D eigenvalue weighted by molar-refractivity contribution is 6.03. The molecule has 2 rings (SSSR count). The molecule has 1 aromatic carbocycles. The van der Waals surface area contributed by atoms with Gasteiger partial charge in [-0.25, -0.2) is 4.68 Å². The molecule has 2 aromatic rings. The molecular weight excluding hydrogens is 212 g/mol. The third-order valence-electron chi connectivity index (χ3n) is 2.28. The zero-order valence-electron chi connectivity index (χ0n) is 9.92. The van der Waals surface area contributed by atoms with Crippen LogP contribution in [0.25, 0.3) is 5.69 Å². The molecule has 0 fully saturated rings. The van der Waals surface area contributed by atoms with Gasteiger partial charge in [0, 0.05) is 6.20 Å². The zero-order valence-corrected chi connectivity index (χ0v) is 9.92. The van der Waals surface area contributed by atoms with Gasteiger partial charge in [-0.2, -0.15) is 5.10 Å². The number of carbonyl (C=O) groups excluding carboxylic acids is 1. The van der Waals surface area contributed by atoms with Gasteiger partial charge in [-0.05, 0) is 38.1 Å². The van der Waals surface area contributed by atoms with Gasteiger partial charge < -0.3 is 0 Å². The van der Waals surface area contributed by atoms with Crippen molar-refractivity contribution < 1.29 is 4.79 Å². The van der Waals surface area contributed by atoms with E-state index in [0.29, 0.717) is 5.69 Å². The normalized spacial score (nSPS) is 10.0. The lowest BCUT2D eigenvalue weighted by molar-refractivity contribution is 0.104. The summed E-state index contributed by atoms with van der Waals surface area (Å²) in [4.78, 5) is 11.7. The summed E-state index contributed by atoms with van der Waals surface area (Å²) in [7, 11) is 0. The molecule has 0 amide bonds. The van der Waals surface area contributed by atoms with Crippen molar-refractivity contribution in [2.24, 2.45) is 0 Å². The number of rotatable bonds is 3. The minimum absolute atomic E-state index is 0.0559. The Bertz CT molecular complexity index is 549. The van der Waals surface area contributed by atoms with Crippen molar-refractivity contribution in [2.45, 2.75) is 13.8 Å². The number of hydrogen-bond donors (Lipinski definition) is 0. The maximum absolute atomic E-state index is 11.7. The highest BCUT2D eigenvalue weighted by Gasteiger charge is 2.07. The predicted molar refractivity (Wildman–Crippen MR) is 67.3 cm³/mol. The Morgan fingerprint density at radius 1 is 1.18 bits per heavy atom. The SMILES string of the molecule is CC(C)=CC(=O)c1ccn(-c2ccccc2)n1. The quantitative estimate of drug-likeness (QED) is 0.595. The van der Waals surface area contributed by atoms with E-state index in [2.05, 4.69) is 5.10 Å². The predicted octanol–water partition coefficient (Wildman–Crippen LogP) is 3.02. The first-order valence-corrected chi connectivity index (χ1v) is 5.47. The van der Waals surface area contributed by atoms with E-state index in [-0.39, 0.29) is 5.78 Å². The minimum atomic E-state index is -0.0559. The summed E-state index contributed by atoms with van der Waals surface area (Å²) in [5.41, 5.74) is 2.39. The second-order valence-electron chi connectivity index (χ2n) is 4.07. The van der Waals surface area contributed by atoms with E-state index in [0.717, 1.165) is 11.3 Å². The molecule has 0 spiro atoms. The van der Waals surface area contributed by atoms with Gasteiger partial charge in [-0.1, -0.05) is 23.8 Å². The van der Waals surface area contributed by atoms with Crippen molar-refractivity contribution in [3.8, 4) is 5.69 Å². The molecule has 1 aromatic heterocycles. The van der Waals surface area contributed by atoms with Crippen LogP contribution in [-0.4, -0.2) is 15.6 Å². The Balaban J connectivity index is 2.28. The van der Waals surface area contributed by atoms with Crippen molar-refractivity contribution in [1.29, 1.82) is 0 Å². The highest BCUT2D eigenvalue weighted by atomic mass is 16.1. The van der Waals surface area contributed by atoms with Crippen molar-refractivity contribution >= 4 is 5.78 Å². The first-order chi connectivity index (χ1) is 8.16. The molecule has 0 radical (unpaired) electrons. The van der Waals surface area contributed by atoms with Crippen LogP contribution in [0.1, 0.15) is 24.3 Å². The van der Waals surface area contributed by atoms with Crippen LogP contribution in [0.5, 0.6) is 0 Å². The van der Waals surface area contributed by atoms with Gasteiger partial charge in [0.05, 0.1) is 5.69 Å². The van der Waals surface area contributed by atoms with E-state index in [4.69, 9.17) is 0 Å². The average molecular weight is 226 g/mol. The van der Waals surface area contributed by atoms with Crippen LogP contribution >= 0.6 is 0 Å². The molecule has 0 atom stereocenters. The molecule has 0 saturated heterocycles. The summed E-state index contributed by atoms with van der Waals surface area (Å²) >= 11 is 0. The lowest BCUT2D eigenvalue weighted by Gasteiger charge is -1.99. The van der Waals surface area contributed by atoms with E-state index in [1.807, 2.05) is 44.2 Å². The smallest absolute Gasteiger partial charge is 0.205 e. The molecule has 0 bridgehead atoms. The van der Waals surface area contributed by atoms with E-state index in [9.17, 15) is 4.79 Å². The number of nitrogens with zero attached hydrogens (tertiary/aromatic N) is 2. The Morgan fingerprint density at radius 3 is 2.53 bits per heavy atom. The van der Waals surface area contributed by atoms with Crippen LogP contribution < -0.4 is 0 Å². The van der Waals surface area contributed by atoms with Crippen molar-refractivity contribution in [3.63, 3.8) is 0 Å². The summed E-state index contributed by atoms with van der Waals surface area (Å²) < 4.78 is 1.70. The highest BCUT2D eigenvalue weighted by Crippen LogP contribution is 2.08. The fraction of sp³-hybridized carbons (Fsp3) is 0.143. The molecule has 0 aliphatic rings. The van der Waals surface area contributed by atoms with Crippen molar-refractivity contribution in [3.05, 3.63) is 59.9 Å². The molecule has 17 heavy (non-hydrogen) atoms. The molecule has 86 valence electrons. The molecular formula is C14H14N2O. The van der Waals surface area contributed by atoms with Gasteiger partial charge in [0.15, 0.2) is 0 Å². The first-order valence-electron chi connectivity index (χ1n) is 5.47. The van der Waals surface area contributed by atoms with E-state index in [1.165, 1.54) is 0 Å². The molecule has 1 heterocycles. The van der Waals surface area contributed by atoms with Gasteiger partial charge in [0.2, 0.25) is 5.78 Å². The van der Waals surface area contributed by atoms with Crippen LogP contribution in [0.2, 0.25) is 0 Å². The third-order valence-corrected chi connectivity index (χ3v) is 2.28. The minimum Gasteiger partial charge on any atom is -0.287 e. The van der Waals surface area contributed by atoms with Crippen molar-refractivity contribution in [2.75, 3.05) is 0 Å². The molecule has 0 N–H and O–H groups in total. The maximum Gasteiger partial charge on any atom is 0.205 e. The van der Waals surface area contributed by atoms with Crippen molar-refractivity contribution in [1.82, 2.24) is 9.78 Å². The van der Waals surface area contributed by atoms with Gasteiger partial charge in [0.25, 0.3) is 0 Å². The largest absolute Gasteiger partial charge is 0.287 e. The second-order valence-corrected chi connectivity index (χ2v) is 4.07. The number of para-hydroxylation sites is 1. The Hall–Kier alpha value is -2.16. The Morgan fingerprint density at radius 2 is 1.88 bits per heavy atom. The van der Waals surface area contributed by atoms with E-state index < -0.39 is 0 Å². The average Bonchev–Trinajstić information content (AvgIpc) is 2.78. The third kappa shape index (κ3) is 2.69. The fourth-order valence-electron chi connectivity index (χ4n) is 1.52. The second kappa shape index (κ2) is 4.78. The summed E-state index contributed by atoms with van der Waals surface area (Å²) in [5.74, 6) is -0.0559. The lowest BCUT2D eigenvalue weighted by Crippen LogP contribution is -2.00. The maximum atomic E-state index is 11.7. The molecule has 3 heteroatoms. The lowest BCUT2D eigenvalue weighted by atomic mass is 10.2. The number of benzene rings is 1. The summed E-state index contributed by atoms with van der Waals surface area (Å²) in [5, 5.41) is 4.26. The standard InChI is InChI=1S/C14H14N2O/c1-11(2)10-14(17)13-8-9-16(15-13)12-6-4-3-5-7-12/h3-10H,1-2H3. The summed E-state index contributed by atoms with van der Waals surface area (Å²) in [6, 6.07) is 11.4. The van der Waals surface area contributed by atoms with E-state index in [1.54, 1.807) is 23.0 Å². The van der Waals surface area contributed by atoms with Crippen LogP contribution in [-0.2, 0) is 0 Å². The van der Waals surface area contributed by atoms with Crippen LogP contribution in [0, 0.1) is 0 Å². The van der Waals surface area contributed by atoms with Gasteiger partial charge in [-0.15, -0.1) is 0 Å². The number of aromatic nitrogens is 2. The van der Waals surface area contributed by atoms with Gasteiger partial charge in [0.1, 0.15) is 5.69 Å². The fourth-order valence-corrected chi connectivity index (χ4v) is 1.52. The first kappa shape index (κ1) is 11.3. The zero-order chi connectivity index (χ0) is 12.3. The molecule has 3 nitrogen and oxygen atoms in total. The summed E-state index contributed by atoms with van der Waals surface area (Å²) in [6.45, 7) is 3.79. The molecule has 0 unspecified atom stereocenters.